The zero-order valence-electron chi connectivity index (χ0n) is 16.4. The Bertz CT molecular complexity index is 1060. The number of ketones is 1. The maximum atomic E-state index is 12.5. The van der Waals surface area contributed by atoms with E-state index < -0.39 is 0 Å². The summed E-state index contributed by atoms with van der Waals surface area (Å²) in [5.41, 5.74) is 4.14. The standard InChI is InChI=1S/C23H21ClN4O2/c24-18-2-4-21(27-12-18)22(29)20-3-1-16(11-26-20)14-28-9-6-23(7-10-28)19-13-25-8-5-17(19)15-30-23/h1-5,8,11-13H,6-7,9-10,14-15H2. The minimum atomic E-state index is -0.205. The number of likely N-dealkylation sites (tertiary alicyclic amines) is 1. The van der Waals surface area contributed by atoms with E-state index in [0.717, 1.165) is 38.0 Å². The molecule has 1 spiro atoms. The van der Waals surface area contributed by atoms with E-state index >= 15 is 0 Å². The van der Waals surface area contributed by atoms with Gasteiger partial charge < -0.3 is 4.74 Å². The number of rotatable bonds is 4. The Balaban J connectivity index is 1.21. The summed E-state index contributed by atoms with van der Waals surface area (Å²) in [6.07, 6.45) is 8.96. The Labute approximate surface area is 179 Å². The number of nitrogens with zero attached hydrogens (tertiary/aromatic N) is 4. The molecule has 152 valence electrons. The van der Waals surface area contributed by atoms with Gasteiger partial charge in [0.25, 0.3) is 0 Å². The summed E-state index contributed by atoms with van der Waals surface area (Å²) in [7, 11) is 0. The zero-order valence-corrected chi connectivity index (χ0v) is 17.2. The molecular formula is C23H21ClN4O2. The normalized spacial score (nSPS) is 17.8. The van der Waals surface area contributed by atoms with Gasteiger partial charge in [0.2, 0.25) is 5.78 Å². The number of halogens is 1. The second kappa shape index (κ2) is 7.87. The van der Waals surface area contributed by atoms with Crippen molar-refractivity contribution in [2.45, 2.75) is 31.6 Å². The van der Waals surface area contributed by atoms with Crippen LogP contribution in [0, 0.1) is 0 Å². The molecule has 30 heavy (non-hydrogen) atoms. The lowest BCUT2D eigenvalue weighted by Gasteiger charge is -2.39. The molecule has 0 atom stereocenters. The van der Waals surface area contributed by atoms with Crippen molar-refractivity contribution in [2.24, 2.45) is 0 Å². The summed E-state index contributed by atoms with van der Waals surface area (Å²) in [5.74, 6) is -0.205. The van der Waals surface area contributed by atoms with Crippen molar-refractivity contribution in [2.75, 3.05) is 13.1 Å². The quantitative estimate of drug-likeness (QED) is 0.598. The van der Waals surface area contributed by atoms with Gasteiger partial charge in [0.05, 0.1) is 17.2 Å². The lowest BCUT2D eigenvalue weighted by molar-refractivity contribution is -0.0800. The summed E-state index contributed by atoms with van der Waals surface area (Å²) in [5, 5.41) is 0.501. The molecule has 0 amide bonds. The number of carbonyl (C=O) groups excluding carboxylic acids is 1. The van der Waals surface area contributed by atoms with E-state index in [-0.39, 0.29) is 11.4 Å². The van der Waals surface area contributed by atoms with Crippen LogP contribution in [0.5, 0.6) is 0 Å². The van der Waals surface area contributed by atoms with Gasteiger partial charge in [-0.15, -0.1) is 0 Å². The van der Waals surface area contributed by atoms with E-state index in [2.05, 4.69) is 25.9 Å². The molecule has 1 saturated heterocycles. The number of fused-ring (bicyclic) bond motifs is 2. The number of carbonyl (C=O) groups is 1. The van der Waals surface area contributed by atoms with Gasteiger partial charge in [-0.1, -0.05) is 17.7 Å². The number of pyridine rings is 3. The molecule has 0 radical (unpaired) electrons. The number of ether oxygens (including phenoxy) is 1. The maximum Gasteiger partial charge on any atom is 0.229 e. The lowest BCUT2D eigenvalue weighted by Crippen LogP contribution is -2.42. The van der Waals surface area contributed by atoms with Gasteiger partial charge in [-0.05, 0) is 48.2 Å². The third kappa shape index (κ3) is 3.62. The average Bonchev–Trinajstić information content (AvgIpc) is 3.14. The summed E-state index contributed by atoms with van der Waals surface area (Å²) in [6, 6.07) is 9.06. The van der Waals surface area contributed by atoms with Crippen molar-refractivity contribution in [1.82, 2.24) is 19.9 Å². The van der Waals surface area contributed by atoms with E-state index in [1.807, 2.05) is 18.5 Å². The highest BCUT2D eigenvalue weighted by molar-refractivity contribution is 6.30. The summed E-state index contributed by atoms with van der Waals surface area (Å²) >= 11 is 5.84. The molecule has 5 heterocycles. The van der Waals surface area contributed by atoms with Gasteiger partial charge in [-0.2, -0.15) is 0 Å². The molecule has 7 heteroatoms. The van der Waals surface area contributed by atoms with Crippen molar-refractivity contribution < 1.29 is 9.53 Å². The van der Waals surface area contributed by atoms with Gasteiger partial charge in [0.15, 0.2) is 0 Å². The first-order valence-electron chi connectivity index (χ1n) is 10.0. The fourth-order valence-electron chi connectivity index (χ4n) is 4.29. The Hall–Kier alpha value is -2.67. The number of hydrogen-bond donors (Lipinski definition) is 0. The molecule has 0 aromatic carbocycles. The van der Waals surface area contributed by atoms with Gasteiger partial charge in [0, 0.05) is 50.0 Å². The molecular weight excluding hydrogens is 400 g/mol. The highest BCUT2D eigenvalue weighted by Gasteiger charge is 2.42. The predicted molar refractivity (Wildman–Crippen MR) is 112 cm³/mol. The van der Waals surface area contributed by atoms with Crippen molar-refractivity contribution in [3.63, 3.8) is 0 Å². The van der Waals surface area contributed by atoms with E-state index in [0.29, 0.717) is 23.0 Å². The van der Waals surface area contributed by atoms with Crippen LogP contribution in [-0.2, 0) is 23.5 Å². The van der Waals surface area contributed by atoms with E-state index in [4.69, 9.17) is 16.3 Å². The fraction of sp³-hybridized carbons (Fsp3) is 0.304. The predicted octanol–water partition coefficient (Wildman–Crippen LogP) is 3.78. The summed E-state index contributed by atoms with van der Waals surface area (Å²) in [4.78, 5) is 27.6. The van der Waals surface area contributed by atoms with Crippen LogP contribution in [0.25, 0.3) is 0 Å². The van der Waals surface area contributed by atoms with Crippen LogP contribution in [0.3, 0.4) is 0 Å². The SMILES string of the molecule is O=C(c1ccc(Cl)cn1)c1ccc(CN2CCC3(CC2)OCc2ccncc23)cn1. The van der Waals surface area contributed by atoms with Crippen molar-refractivity contribution in [1.29, 1.82) is 0 Å². The molecule has 1 fully saturated rings. The molecule has 6 nitrogen and oxygen atoms in total. The molecule has 2 aliphatic rings. The highest BCUT2D eigenvalue weighted by atomic mass is 35.5. The van der Waals surface area contributed by atoms with Crippen molar-refractivity contribution >= 4 is 17.4 Å². The van der Waals surface area contributed by atoms with E-state index in [9.17, 15) is 4.79 Å². The van der Waals surface area contributed by atoms with Crippen LogP contribution in [-0.4, -0.2) is 38.7 Å². The summed E-state index contributed by atoms with van der Waals surface area (Å²) < 4.78 is 6.21. The molecule has 0 saturated carbocycles. The van der Waals surface area contributed by atoms with Crippen LogP contribution >= 0.6 is 11.6 Å². The first kappa shape index (κ1) is 19.3. The second-order valence-electron chi connectivity index (χ2n) is 7.83. The smallest absolute Gasteiger partial charge is 0.229 e. The van der Waals surface area contributed by atoms with Gasteiger partial charge in [-0.25, -0.2) is 0 Å². The molecule has 5 rings (SSSR count). The number of aromatic nitrogens is 3. The molecule has 3 aromatic rings. The minimum Gasteiger partial charge on any atom is -0.365 e. The first-order chi connectivity index (χ1) is 14.6. The van der Waals surface area contributed by atoms with Crippen LogP contribution in [0.4, 0.5) is 0 Å². The first-order valence-corrected chi connectivity index (χ1v) is 10.4. The Kier molecular flexibility index (Phi) is 5.06. The van der Waals surface area contributed by atoms with E-state index in [1.54, 1.807) is 24.4 Å². The largest absolute Gasteiger partial charge is 0.365 e. The van der Waals surface area contributed by atoms with Gasteiger partial charge in [0.1, 0.15) is 11.4 Å². The third-order valence-electron chi connectivity index (χ3n) is 5.99. The monoisotopic (exact) mass is 420 g/mol. The lowest BCUT2D eigenvalue weighted by atomic mass is 9.84. The maximum absolute atomic E-state index is 12.5. The van der Waals surface area contributed by atoms with Crippen LogP contribution in [0.2, 0.25) is 5.02 Å². The van der Waals surface area contributed by atoms with E-state index in [1.165, 1.54) is 17.3 Å². The van der Waals surface area contributed by atoms with Gasteiger partial charge in [-0.3, -0.25) is 24.6 Å². The third-order valence-corrected chi connectivity index (χ3v) is 6.22. The topological polar surface area (TPSA) is 68.2 Å². The van der Waals surface area contributed by atoms with Crippen LogP contribution < -0.4 is 0 Å². The van der Waals surface area contributed by atoms with Crippen LogP contribution in [0.15, 0.2) is 55.1 Å². The van der Waals surface area contributed by atoms with Crippen LogP contribution in [0.1, 0.15) is 45.7 Å². The zero-order chi connectivity index (χ0) is 20.6. The summed E-state index contributed by atoms with van der Waals surface area (Å²) in [6.45, 7) is 3.38. The molecule has 0 N–H and O–H groups in total. The molecule has 0 aliphatic carbocycles. The highest BCUT2D eigenvalue weighted by Crippen LogP contribution is 2.43. The molecule has 3 aromatic heterocycles. The Morgan fingerprint density at radius 2 is 1.80 bits per heavy atom. The van der Waals surface area contributed by atoms with Crippen molar-refractivity contribution in [3.05, 3.63) is 88.2 Å². The molecule has 0 unspecified atom stereocenters. The number of hydrogen-bond acceptors (Lipinski definition) is 6. The fourth-order valence-corrected chi connectivity index (χ4v) is 4.40. The molecule has 2 aliphatic heterocycles. The minimum absolute atomic E-state index is 0.180. The Morgan fingerprint density at radius 3 is 2.50 bits per heavy atom. The Morgan fingerprint density at radius 1 is 1.03 bits per heavy atom. The average molecular weight is 421 g/mol. The second-order valence-corrected chi connectivity index (χ2v) is 8.27. The van der Waals surface area contributed by atoms with Gasteiger partial charge >= 0.3 is 0 Å². The molecule has 0 bridgehead atoms. The van der Waals surface area contributed by atoms with Crippen molar-refractivity contribution in [3.8, 4) is 0 Å². The number of piperidine rings is 1.